The zero-order valence-electron chi connectivity index (χ0n) is 23.7. The molecule has 192 valence electrons. The van der Waals surface area contributed by atoms with Crippen LogP contribution in [0.25, 0.3) is 0 Å². The number of aryl methyl sites for hydroxylation is 1. The van der Waals surface area contributed by atoms with E-state index in [4.69, 9.17) is 9.73 Å². The Labute approximate surface area is 221 Å². The Morgan fingerprint density at radius 1 is 0.833 bits per heavy atom. The van der Waals surface area contributed by atoms with E-state index in [0.29, 0.717) is 15.2 Å². The molecule has 2 atom stereocenters. The molecule has 0 aliphatic carbocycles. The van der Waals surface area contributed by atoms with E-state index in [1.54, 1.807) is 0 Å². The Bertz CT molecular complexity index is 1180. The summed E-state index contributed by atoms with van der Waals surface area (Å²) in [5.74, 6) is 1.05. The lowest BCUT2D eigenvalue weighted by Crippen LogP contribution is -2.24. The minimum absolute atomic E-state index is 0.0260. The fourth-order valence-electron chi connectivity index (χ4n) is 4.26. The summed E-state index contributed by atoms with van der Waals surface area (Å²) in [7, 11) is 0.590. The van der Waals surface area contributed by atoms with Crippen LogP contribution >= 0.6 is 8.58 Å². The third kappa shape index (κ3) is 7.30. The SMILES string of the molecule is CCC(C)(Pc1ccccc1C=NC(C)(C)C)c1cc(C)cc(C(C)(C)C)c1OCc1ccccc1. The second kappa shape index (κ2) is 11.3. The van der Waals surface area contributed by atoms with Crippen molar-refractivity contribution < 1.29 is 4.74 Å². The molecule has 3 heteroatoms. The second-order valence-electron chi connectivity index (χ2n) is 12.0. The number of benzene rings is 3. The molecule has 0 saturated heterocycles. The average Bonchev–Trinajstić information content (AvgIpc) is 2.81. The largest absolute Gasteiger partial charge is 0.488 e. The summed E-state index contributed by atoms with van der Waals surface area (Å²) in [6, 6.07) is 23.9. The quantitative estimate of drug-likeness (QED) is 0.223. The standard InChI is InChI=1S/C33H44NOP/c1-10-33(9,36-29-19-15-14-18-26(29)22-34-32(6,7)8)28-21-24(2)20-27(31(3,4)5)30(28)35-23-25-16-12-11-13-17-25/h11-22,36H,10,23H2,1-9H3. The van der Waals surface area contributed by atoms with Crippen molar-refractivity contribution in [3.63, 3.8) is 0 Å². The van der Waals surface area contributed by atoms with Gasteiger partial charge >= 0.3 is 0 Å². The van der Waals surface area contributed by atoms with E-state index >= 15 is 0 Å². The fraction of sp³-hybridized carbons (Fsp3) is 0.424. The third-order valence-electron chi connectivity index (χ3n) is 6.53. The van der Waals surface area contributed by atoms with Crippen molar-refractivity contribution in [2.45, 2.75) is 91.5 Å². The molecule has 0 heterocycles. The first-order valence-corrected chi connectivity index (χ1v) is 14.1. The lowest BCUT2D eigenvalue weighted by molar-refractivity contribution is 0.291. The topological polar surface area (TPSA) is 21.6 Å². The van der Waals surface area contributed by atoms with Gasteiger partial charge < -0.3 is 4.74 Å². The van der Waals surface area contributed by atoms with E-state index in [9.17, 15) is 0 Å². The summed E-state index contributed by atoms with van der Waals surface area (Å²) in [4.78, 5) is 4.81. The molecule has 0 aliphatic heterocycles. The minimum Gasteiger partial charge on any atom is -0.488 e. The summed E-state index contributed by atoms with van der Waals surface area (Å²) >= 11 is 0. The number of aliphatic imine (C=N–C) groups is 1. The van der Waals surface area contributed by atoms with Crippen LogP contribution in [0.15, 0.2) is 71.7 Å². The van der Waals surface area contributed by atoms with Gasteiger partial charge in [-0.3, -0.25) is 4.99 Å². The van der Waals surface area contributed by atoms with Crippen LogP contribution in [-0.2, 0) is 17.2 Å². The summed E-state index contributed by atoms with van der Waals surface area (Å²) in [6.45, 7) is 20.8. The Balaban J connectivity index is 2.11. The van der Waals surface area contributed by atoms with Crippen molar-refractivity contribution in [1.82, 2.24) is 0 Å². The van der Waals surface area contributed by atoms with Crippen LogP contribution < -0.4 is 10.0 Å². The highest BCUT2D eigenvalue weighted by Crippen LogP contribution is 2.50. The van der Waals surface area contributed by atoms with Crippen molar-refractivity contribution in [3.8, 4) is 5.75 Å². The maximum absolute atomic E-state index is 6.72. The summed E-state index contributed by atoms with van der Waals surface area (Å²) in [6.07, 6.45) is 3.08. The number of hydrogen-bond donors (Lipinski definition) is 0. The first-order valence-electron chi connectivity index (χ1n) is 13.1. The maximum atomic E-state index is 6.72. The molecule has 2 nitrogen and oxygen atoms in total. The molecule has 36 heavy (non-hydrogen) atoms. The Morgan fingerprint density at radius 2 is 1.44 bits per heavy atom. The van der Waals surface area contributed by atoms with E-state index in [0.717, 1.165) is 12.2 Å². The van der Waals surface area contributed by atoms with E-state index in [1.807, 2.05) is 0 Å². The van der Waals surface area contributed by atoms with E-state index < -0.39 is 0 Å². The van der Waals surface area contributed by atoms with Crippen LogP contribution in [0.2, 0.25) is 0 Å². The summed E-state index contributed by atoms with van der Waals surface area (Å²) < 4.78 is 6.72. The van der Waals surface area contributed by atoms with Gasteiger partial charge in [0, 0.05) is 22.5 Å². The monoisotopic (exact) mass is 501 g/mol. The molecule has 2 unspecified atom stereocenters. The Kier molecular flexibility index (Phi) is 8.84. The van der Waals surface area contributed by atoms with Crippen LogP contribution in [0.4, 0.5) is 0 Å². The number of rotatable bonds is 8. The van der Waals surface area contributed by atoms with Gasteiger partial charge in [0.05, 0.1) is 5.54 Å². The molecule has 0 radical (unpaired) electrons. The normalized spacial score (nSPS) is 14.5. The molecule has 0 aliphatic rings. The van der Waals surface area contributed by atoms with Crippen LogP contribution in [0.3, 0.4) is 0 Å². The van der Waals surface area contributed by atoms with E-state index in [-0.39, 0.29) is 16.1 Å². The molecular formula is C33H44NOP. The second-order valence-corrected chi connectivity index (χ2v) is 13.9. The van der Waals surface area contributed by atoms with Crippen molar-refractivity contribution in [2.24, 2.45) is 4.99 Å². The molecule has 0 amide bonds. The van der Waals surface area contributed by atoms with Gasteiger partial charge in [0.15, 0.2) is 0 Å². The van der Waals surface area contributed by atoms with Gasteiger partial charge in [-0.1, -0.05) is 115 Å². The summed E-state index contributed by atoms with van der Waals surface area (Å²) in [5.41, 5.74) is 6.15. The molecule has 0 bridgehead atoms. The smallest absolute Gasteiger partial charge is 0.127 e. The van der Waals surface area contributed by atoms with Gasteiger partial charge in [0.1, 0.15) is 12.4 Å². The molecule has 3 aromatic rings. The molecule has 0 saturated carbocycles. The number of nitrogens with zero attached hydrogens (tertiary/aromatic N) is 1. The molecule has 0 N–H and O–H groups in total. The molecular weight excluding hydrogens is 457 g/mol. The molecule has 3 aromatic carbocycles. The van der Waals surface area contributed by atoms with Gasteiger partial charge in [-0.05, 0) is 56.0 Å². The van der Waals surface area contributed by atoms with Gasteiger partial charge in [0.25, 0.3) is 0 Å². The Hall–Kier alpha value is -2.44. The van der Waals surface area contributed by atoms with Gasteiger partial charge in [-0.25, -0.2) is 0 Å². The highest BCUT2D eigenvalue weighted by Gasteiger charge is 2.33. The first-order chi connectivity index (χ1) is 16.8. The predicted molar refractivity (Wildman–Crippen MR) is 160 cm³/mol. The zero-order valence-corrected chi connectivity index (χ0v) is 24.7. The van der Waals surface area contributed by atoms with Crippen LogP contribution in [-0.4, -0.2) is 11.8 Å². The van der Waals surface area contributed by atoms with Gasteiger partial charge in [-0.15, -0.1) is 0 Å². The average molecular weight is 502 g/mol. The van der Waals surface area contributed by atoms with Crippen molar-refractivity contribution >= 4 is 20.1 Å². The van der Waals surface area contributed by atoms with Crippen LogP contribution in [0.5, 0.6) is 5.75 Å². The minimum atomic E-state index is -0.0963. The number of ether oxygens (including phenoxy) is 1. The number of hydrogen-bond acceptors (Lipinski definition) is 2. The lowest BCUT2D eigenvalue weighted by atomic mass is 9.81. The highest BCUT2D eigenvalue weighted by molar-refractivity contribution is 7.48. The van der Waals surface area contributed by atoms with E-state index in [1.165, 1.54) is 33.1 Å². The summed E-state index contributed by atoms with van der Waals surface area (Å²) in [5, 5.41) is 1.28. The van der Waals surface area contributed by atoms with Gasteiger partial charge in [0.2, 0.25) is 0 Å². The molecule has 0 fully saturated rings. The molecule has 0 aromatic heterocycles. The van der Waals surface area contributed by atoms with Crippen molar-refractivity contribution in [2.75, 3.05) is 0 Å². The third-order valence-corrected chi connectivity index (χ3v) is 8.43. The molecule has 3 rings (SSSR count). The lowest BCUT2D eigenvalue weighted by Gasteiger charge is -2.35. The van der Waals surface area contributed by atoms with E-state index in [2.05, 4.69) is 135 Å². The van der Waals surface area contributed by atoms with Crippen molar-refractivity contribution in [3.05, 3.63) is 94.5 Å². The fourth-order valence-corrected chi connectivity index (χ4v) is 5.82. The van der Waals surface area contributed by atoms with Gasteiger partial charge in [-0.2, -0.15) is 0 Å². The van der Waals surface area contributed by atoms with Crippen LogP contribution in [0, 0.1) is 6.92 Å². The first kappa shape index (κ1) is 28.1. The molecule has 0 spiro atoms. The van der Waals surface area contributed by atoms with Crippen LogP contribution in [0.1, 0.15) is 89.6 Å². The Morgan fingerprint density at radius 3 is 2.06 bits per heavy atom. The predicted octanol–water partition coefficient (Wildman–Crippen LogP) is 8.72. The highest BCUT2D eigenvalue weighted by atomic mass is 31.1. The zero-order chi connectivity index (χ0) is 26.6. The van der Waals surface area contributed by atoms with Crippen molar-refractivity contribution in [1.29, 1.82) is 0 Å². The maximum Gasteiger partial charge on any atom is 0.127 e.